The molecule has 0 fully saturated rings. The summed E-state index contributed by atoms with van der Waals surface area (Å²) in [7, 11) is 0. The van der Waals surface area contributed by atoms with E-state index in [9.17, 15) is 4.79 Å². The van der Waals surface area contributed by atoms with Crippen LogP contribution >= 0.6 is 0 Å². The predicted octanol–water partition coefficient (Wildman–Crippen LogP) is 2.08. The van der Waals surface area contributed by atoms with Crippen LogP contribution in [-0.2, 0) is 11.3 Å². The van der Waals surface area contributed by atoms with Gasteiger partial charge in [0.1, 0.15) is 0 Å². The van der Waals surface area contributed by atoms with E-state index in [-0.39, 0.29) is 12.5 Å². The van der Waals surface area contributed by atoms with Crippen molar-refractivity contribution in [2.45, 2.75) is 39.8 Å². The van der Waals surface area contributed by atoms with Crippen molar-refractivity contribution in [3.63, 3.8) is 0 Å². The number of hydrogen-bond donors (Lipinski definition) is 1. The fourth-order valence-electron chi connectivity index (χ4n) is 1.86. The molecule has 0 spiro atoms. The summed E-state index contributed by atoms with van der Waals surface area (Å²) in [5.41, 5.74) is 1.98. The maximum Gasteiger partial charge on any atom is 0.304 e. The summed E-state index contributed by atoms with van der Waals surface area (Å²) in [6.45, 7) is 7.46. The van der Waals surface area contributed by atoms with Crippen molar-refractivity contribution in [2.75, 3.05) is 6.54 Å². The Bertz CT molecular complexity index is 379. The molecular formula is C13H20N2O2. The van der Waals surface area contributed by atoms with Gasteiger partial charge in [0.2, 0.25) is 0 Å². The fraction of sp³-hybridized carbons (Fsp3) is 0.538. The molecule has 0 aromatic carbocycles. The molecule has 1 atom stereocenters. The third-order valence-corrected chi connectivity index (χ3v) is 2.81. The standard InChI is InChI=1S/C13H20N2O2/c1-4-15(11(3)8-13(16)17)9-12-7-5-6-10(2)14-12/h5-7,11H,4,8-9H2,1-3H3,(H,16,17). The number of aryl methyl sites for hydroxylation is 1. The van der Waals surface area contributed by atoms with Gasteiger partial charge in [-0.2, -0.15) is 0 Å². The maximum absolute atomic E-state index is 10.7. The number of aromatic nitrogens is 1. The van der Waals surface area contributed by atoms with Crippen molar-refractivity contribution in [3.05, 3.63) is 29.6 Å². The lowest BCUT2D eigenvalue weighted by atomic mass is 10.2. The van der Waals surface area contributed by atoms with Crippen LogP contribution in [0.25, 0.3) is 0 Å². The summed E-state index contributed by atoms with van der Waals surface area (Å²) in [6, 6.07) is 5.94. The minimum atomic E-state index is -0.756. The van der Waals surface area contributed by atoms with Crippen molar-refractivity contribution in [2.24, 2.45) is 0 Å². The highest BCUT2D eigenvalue weighted by atomic mass is 16.4. The maximum atomic E-state index is 10.7. The van der Waals surface area contributed by atoms with Crippen LogP contribution in [0.3, 0.4) is 0 Å². The van der Waals surface area contributed by atoms with Crippen LogP contribution in [0.15, 0.2) is 18.2 Å². The van der Waals surface area contributed by atoms with Gasteiger partial charge < -0.3 is 5.11 Å². The van der Waals surface area contributed by atoms with Crippen LogP contribution in [0.4, 0.5) is 0 Å². The number of nitrogens with zero attached hydrogens (tertiary/aromatic N) is 2. The first-order valence-electron chi connectivity index (χ1n) is 5.91. The van der Waals surface area contributed by atoms with Gasteiger partial charge >= 0.3 is 5.97 Å². The molecule has 0 aliphatic carbocycles. The Morgan fingerprint density at radius 3 is 2.76 bits per heavy atom. The van der Waals surface area contributed by atoms with E-state index in [0.717, 1.165) is 17.9 Å². The quantitative estimate of drug-likeness (QED) is 0.821. The van der Waals surface area contributed by atoms with Crippen LogP contribution in [0, 0.1) is 6.92 Å². The smallest absolute Gasteiger partial charge is 0.304 e. The van der Waals surface area contributed by atoms with Gasteiger partial charge in [-0.3, -0.25) is 14.7 Å². The Balaban J connectivity index is 2.66. The van der Waals surface area contributed by atoms with Crippen molar-refractivity contribution in [1.29, 1.82) is 0 Å². The van der Waals surface area contributed by atoms with E-state index >= 15 is 0 Å². The summed E-state index contributed by atoms with van der Waals surface area (Å²) in [4.78, 5) is 17.2. The number of carboxylic acids is 1. The van der Waals surface area contributed by atoms with Crippen molar-refractivity contribution < 1.29 is 9.90 Å². The molecule has 94 valence electrons. The molecule has 1 aromatic heterocycles. The van der Waals surface area contributed by atoms with E-state index in [1.165, 1.54) is 0 Å². The lowest BCUT2D eigenvalue weighted by Gasteiger charge is -2.26. The average Bonchev–Trinajstić information content (AvgIpc) is 2.24. The summed E-state index contributed by atoms with van der Waals surface area (Å²) < 4.78 is 0. The first-order chi connectivity index (χ1) is 8.02. The first kappa shape index (κ1) is 13.6. The number of hydrogen-bond acceptors (Lipinski definition) is 3. The van der Waals surface area contributed by atoms with E-state index in [0.29, 0.717) is 6.54 Å². The molecule has 0 aliphatic rings. The molecule has 1 N–H and O–H groups in total. The Morgan fingerprint density at radius 1 is 1.53 bits per heavy atom. The van der Waals surface area contributed by atoms with Gasteiger partial charge in [-0.25, -0.2) is 0 Å². The second kappa shape index (κ2) is 6.35. The SMILES string of the molecule is CCN(Cc1cccc(C)n1)C(C)CC(=O)O. The Labute approximate surface area is 102 Å². The minimum Gasteiger partial charge on any atom is -0.481 e. The molecular weight excluding hydrogens is 216 g/mol. The Morgan fingerprint density at radius 2 is 2.24 bits per heavy atom. The highest BCUT2D eigenvalue weighted by Crippen LogP contribution is 2.09. The third-order valence-electron chi connectivity index (χ3n) is 2.81. The lowest BCUT2D eigenvalue weighted by molar-refractivity contribution is -0.138. The second-order valence-corrected chi connectivity index (χ2v) is 4.28. The molecule has 1 aromatic rings. The fourth-order valence-corrected chi connectivity index (χ4v) is 1.86. The molecule has 0 radical (unpaired) electrons. The zero-order chi connectivity index (χ0) is 12.8. The molecule has 4 nitrogen and oxygen atoms in total. The first-order valence-corrected chi connectivity index (χ1v) is 5.91. The normalized spacial score (nSPS) is 12.7. The van der Waals surface area contributed by atoms with Crippen molar-refractivity contribution in [3.8, 4) is 0 Å². The van der Waals surface area contributed by atoms with Crippen LogP contribution in [0.1, 0.15) is 31.7 Å². The van der Waals surface area contributed by atoms with Gasteiger partial charge in [0, 0.05) is 18.3 Å². The van der Waals surface area contributed by atoms with E-state index in [4.69, 9.17) is 5.11 Å². The summed E-state index contributed by atoms with van der Waals surface area (Å²) >= 11 is 0. The number of pyridine rings is 1. The largest absolute Gasteiger partial charge is 0.481 e. The zero-order valence-corrected chi connectivity index (χ0v) is 10.7. The second-order valence-electron chi connectivity index (χ2n) is 4.28. The number of carboxylic acid groups (broad SMARTS) is 1. The molecule has 1 heterocycles. The van der Waals surface area contributed by atoms with Gasteiger partial charge in [-0.15, -0.1) is 0 Å². The molecule has 4 heteroatoms. The van der Waals surface area contributed by atoms with Crippen LogP contribution < -0.4 is 0 Å². The molecule has 0 aliphatic heterocycles. The number of carbonyl (C=O) groups is 1. The van der Waals surface area contributed by atoms with Gasteiger partial charge in [0.05, 0.1) is 12.1 Å². The number of aliphatic carboxylic acids is 1. The molecule has 0 saturated heterocycles. The monoisotopic (exact) mass is 236 g/mol. The van der Waals surface area contributed by atoms with E-state index in [1.807, 2.05) is 39.0 Å². The average molecular weight is 236 g/mol. The zero-order valence-electron chi connectivity index (χ0n) is 10.7. The highest BCUT2D eigenvalue weighted by Gasteiger charge is 2.15. The predicted molar refractivity (Wildman–Crippen MR) is 66.8 cm³/mol. The topological polar surface area (TPSA) is 53.4 Å². The molecule has 0 amide bonds. The highest BCUT2D eigenvalue weighted by molar-refractivity contribution is 5.67. The summed E-state index contributed by atoms with van der Waals surface area (Å²) in [5, 5.41) is 8.80. The van der Waals surface area contributed by atoms with Crippen LogP contribution in [-0.4, -0.2) is 33.5 Å². The van der Waals surface area contributed by atoms with Gasteiger partial charge in [-0.05, 0) is 32.5 Å². The van der Waals surface area contributed by atoms with Gasteiger partial charge in [0.25, 0.3) is 0 Å². The van der Waals surface area contributed by atoms with Gasteiger partial charge in [0.15, 0.2) is 0 Å². The minimum absolute atomic E-state index is 0.0276. The van der Waals surface area contributed by atoms with Crippen LogP contribution in [0.5, 0.6) is 0 Å². The van der Waals surface area contributed by atoms with Gasteiger partial charge in [-0.1, -0.05) is 13.0 Å². The van der Waals surface area contributed by atoms with E-state index < -0.39 is 5.97 Å². The van der Waals surface area contributed by atoms with E-state index in [2.05, 4.69) is 9.88 Å². The third kappa shape index (κ3) is 4.53. The molecule has 0 bridgehead atoms. The number of rotatable bonds is 6. The molecule has 1 unspecified atom stereocenters. The molecule has 0 saturated carbocycles. The Hall–Kier alpha value is -1.42. The summed E-state index contributed by atoms with van der Waals surface area (Å²) in [6.07, 6.45) is 0.166. The van der Waals surface area contributed by atoms with Crippen molar-refractivity contribution >= 4 is 5.97 Å². The molecule has 1 rings (SSSR count). The van der Waals surface area contributed by atoms with Crippen LogP contribution in [0.2, 0.25) is 0 Å². The summed E-state index contributed by atoms with van der Waals surface area (Å²) in [5.74, 6) is -0.756. The Kier molecular flexibility index (Phi) is 5.10. The van der Waals surface area contributed by atoms with E-state index in [1.54, 1.807) is 0 Å². The lowest BCUT2D eigenvalue weighted by Crippen LogP contribution is -2.34. The molecule has 17 heavy (non-hydrogen) atoms. The van der Waals surface area contributed by atoms with Crippen molar-refractivity contribution in [1.82, 2.24) is 9.88 Å².